The first-order chi connectivity index (χ1) is 18.5. The fraction of sp³-hybridized carbons (Fsp3) is 0.133. The molecule has 0 aliphatic carbocycles. The summed E-state index contributed by atoms with van der Waals surface area (Å²) in [6, 6.07) is 30.6. The summed E-state index contributed by atoms with van der Waals surface area (Å²) in [7, 11) is 0. The standard InChI is InChI=1S/C30H26N4O3S/c1-20(35)22-15-17-24(18-16-22)31-29(36)21(2)38-30-33-32-28(34(30)25-11-4-3-5-12-25)19-37-27-14-8-10-23-9-6-7-13-26(23)27/h3-18,21H,19H2,1-2H3,(H,31,36). The molecular weight excluding hydrogens is 496 g/mol. The second-order valence-electron chi connectivity index (χ2n) is 8.72. The molecule has 0 fully saturated rings. The Morgan fingerprint density at radius 2 is 1.61 bits per heavy atom. The average molecular weight is 523 g/mol. The maximum Gasteiger partial charge on any atom is 0.237 e. The van der Waals surface area contributed by atoms with Crippen molar-refractivity contribution in [3.8, 4) is 11.4 Å². The molecule has 1 unspecified atom stereocenters. The van der Waals surface area contributed by atoms with E-state index in [2.05, 4.69) is 15.5 Å². The zero-order chi connectivity index (χ0) is 26.5. The fourth-order valence-corrected chi connectivity index (χ4v) is 4.90. The summed E-state index contributed by atoms with van der Waals surface area (Å²) in [5.41, 5.74) is 2.10. The maximum absolute atomic E-state index is 12.9. The van der Waals surface area contributed by atoms with Crippen molar-refractivity contribution in [1.29, 1.82) is 0 Å². The molecule has 0 bridgehead atoms. The molecule has 1 amide bonds. The van der Waals surface area contributed by atoms with Crippen molar-refractivity contribution in [1.82, 2.24) is 14.8 Å². The van der Waals surface area contributed by atoms with E-state index in [1.54, 1.807) is 24.3 Å². The lowest BCUT2D eigenvalue weighted by Crippen LogP contribution is -2.23. The molecular formula is C30H26N4O3S. The molecule has 0 aliphatic heterocycles. The van der Waals surface area contributed by atoms with Gasteiger partial charge in [0.1, 0.15) is 12.4 Å². The van der Waals surface area contributed by atoms with Crippen molar-refractivity contribution in [2.45, 2.75) is 30.9 Å². The van der Waals surface area contributed by atoms with Gasteiger partial charge in [0, 0.05) is 22.3 Å². The molecule has 0 radical (unpaired) electrons. The number of fused-ring (bicyclic) bond motifs is 1. The SMILES string of the molecule is CC(=O)c1ccc(NC(=O)C(C)Sc2nnc(COc3cccc4ccccc34)n2-c2ccccc2)cc1. The van der Waals surface area contributed by atoms with E-state index in [0.29, 0.717) is 22.2 Å². The number of nitrogens with zero attached hydrogens (tertiary/aromatic N) is 3. The number of para-hydroxylation sites is 1. The number of nitrogens with one attached hydrogen (secondary N) is 1. The second-order valence-corrected chi connectivity index (χ2v) is 10.0. The van der Waals surface area contributed by atoms with Crippen molar-refractivity contribution in [3.63, 3.8) is 0 Å². The van der Waals surface area contributed by atoms with Crippen LogP contribution in [0.4, 0.5) is 5.69 Å². The highest BCUT2D eigenvalue weighted by atomic mass is 32.2. The summed E-state index contributed by atoms with van der Waals surface area (Å²) in [5.74, 6) is 1.19. The minimum absolute atomic E-state index is 0.0210. The minimum atomic E-state index is -0.457. The number of Topliss-reactive ketones (excluding diaryl/α,β-unsaturated/α-hetero) is 1. The molecule has 1 aromatic heterocycles. The number of thioether (sulfide) groups is 1. The van der Waals surface area contributed by atoms with Crippen LogP contribution in [-0.4, -0.2) is 31.7 Å². The van der Waals surface area contributed by atoms with Gasteiger partial charge in [-0.3, -0.25) is 14.2 Å². The Morgan fingerprint density at radius 3 is 2.37 bits per heavy atom. The van der Waals surface area contributed by atoms with Crippen molar-refractivity contribution in [3.05, 3.63) is 108 Å². The molecule has 8 heteroatoms. The van der Waals surface area contributed by atoms with E-state index in [-0.39, 0.29) is 18.3 Å². The first kappa shape index (κ1) is 25.2. The number of amides is 1. The minimum Gasteiger partial charge on any atom is -0.485 e. The predicted octanol–water partition coefficient (Wildman–Crippen LogP) is 6.32. The van der Waals surface area contributed by atoms with Crippen LogP contribution in [0.3, 0.4) is 0 Å². The fourth-order valence-electron chi connectivity index (χ4n) is 4.01. The van der Waals surface area contributed by atoms with Crippen molar-refractivity contribution < 1.29 is 14.3 Å². The number of carbonyl (C=O) groups is 2. The third kappa shape index (κ3) is 5.60. The van der Waals surface area contributed by atoms with Gasteiger partial charge >= 0.3 is 0 Å². The molecule has 190 valence electrons. The van der Waals surface area contributed by atoms with Crippen molar-refractivity contribution in [2.75, 3.05) is 5.32 Å². The third-order valence-corrected chi connectivity index (χ3v) is 7.07. The summed E-state index contributed by atoms with van der Waals surface area (Å²) in [5, 5.41) is 14.0. The first-order valence-corrected chi connectivity index (χ1v) is 13.1. The lowest BCUT2D eigenvalue weighted by Gasteiger charge is -2.15. The summed E-state index contributed by atoms with van der Waals surface area (Å²) in [4.78, 5) is 24.5. The molecule has 5 rings (SSSR count). The van der Waals surface area contributed by atoms with E-state index >= 15 is 0 Å². The molecule has 1 N–H and O–H groups in total. The van der Waals surface area contributed by atoms with E-state index in [4.69, 9.17) is 4.74 Å². The van der Waals surface area contributed by atoms with E-state index in [1.807, 2.05) is 84.3 Å². The monoisotopic (exact) mass is 522 g/mol. The topological polar surface area (TPSA) is 86.1 Å². The maximum atomic E-state index is 12.9. The highest BCUT2D eigenvalue weighted by molar-refractivity contribution is 8.00. The van der Waals surface area contributed by atoms with Gasteiger partial charge in [0.15, 0.2) is 16.8 Å². The van der Waals surface area contributed by atoms with Gasteiger partial charge in [0.25, 0.3) is 0 Å². The molecule has 1 heterocycles. The number of aromatic nitrogens is 3. The Labute approximate surface area is 224 Å². The number of benzene rings is 4. The zero-order valence-electron chi connectivity index (χ0n) is 21.0. The van der Waals surface area contributed by atoms with Gasteiger partial charge in [0.2, 0.25) is 5.91 Å². The number of anilines is 1. The number of carbonyl (C=O) groups excluding carboxylic acids is 2. The van der Waals surface area contributed by atoms with E-state index in [9.17, 15) is 9.59 Å². The van der Waals surface area contributed by atoms with E-state index in [0.717, 1.165) is 22.2 Å². The Balaban J connectivity index is 1.35. The first-order valence-electron chi connectivity index (χ1n) is 12.2. The summed E-state index contributed by atoms with van der Waals surface area (Å²) < 4.78 is 8.12. The lowest BCUT2D eigenvalue weighted by atomic mass is 10.1. The third-order valence-electron chi connectivity index (χ3n) is 6.03. The number of ether oxygens (including phenoxy) is 1. The Bertz CT molecular complexity index is 1580. The summed E-state index contributed by atoms with van der Waals surface area (Å²) in [6.07, 6.45) is 0. The largest absolute Gasteiger partial charge is 0.485 e. The molecule has 5 aromatic rings. The second kappa shape index (κ2) is 11.3. The normalized spacial score (nSPS) is 11.7. The van der Waals surface area contributed by atoms with Crippen molar-refractivity contribution >= 4 is 39.9 Å². The quantitative estimate of drug-likeness (QED) is 0.180. The molecule has 38 heavy (non-hydrogen) atoms. The highest BCUT2D eigenvalue weighted by Crippen LogP contribution is 2.29. The molecule has 1 atom stereocenters. The van der Waals surface area contributed by atoms with Crippen LogP contribution < -0.4 is 10.1 Å². The molecule has 0 saturated heterocycles. The van der Waals surface area contributed by atoms with E-state index < -0.39 is 5.25 Å². The molecule has 7 nitrogen and oxygen atoms in total. The summed E-state index contributed by atoms with van der Waals surface area (Å²) in [6.45, 7) is 3.54. The summed E-state index contributed by atoms with van der Waals surface area (Å²) >= 11 is 1.31. The average Bonchev–Trinajstić information content (AvgIpc) is 3.34. The van der Waals surface area contributed by atoms with Gasteiger partial charge in [-0.15, -0.1) is 10.2 Å². The predicted molar refractivity (Wildman–Crippen MR) is 150 cm³/mol. The Hall–Kier alpha value is -4.43. The molecule has 4 aromatic carbocycles. The van der Waals surface area contributed by atoms with Crippen molar-refractivity contribution in [2.24, 2.45) is 0 Å². The van der Waals surface area contributed by atoms with Crippen LogP contribution in [0, 0.1) is 0 Å². The number of hydrogen-bond acceptors (Lipinski definition) is 6. The van der Waals surface area contributed by atoms with Crippen LogP contribution in [0.5, 0.6) is 5.75 Å². The number of ketones is 1. The van der Waals surface area contributed by atoms with Gasteiger partial charge in [-0.1, -0.05) is 66.4 Å². The van der Waals surface area contributed by atoms with Crippen LogP contribution in [-0.2, 0) is 11.4 Å². The van der Waals surface area contributed by atoms with Crippen LogP contribution in [0.15, 0.2) is 102 Å². The molecule has 0 aliphatic rings. The molecule has 0 spiro atoms. The van der Waals surface area contributed by atoms with Gasteiger partial charge in [0.05, 0.1) is 5.25 Å². The van der Waals surface area contributed by atoms with Crippen LogP contribution in [0.2, 0.25) is 0 Å². The number of rotatable bonds is 9. The zero-order valence-corrected chi connectivity index (χ0v) is 21.8. The van der Waals surface area contributed by atoms with E-state index in [1.165, 1.54) is 18.7 Å². The van der Waals surface area contributed by atoms with Gasteiger partial charge in [-0.25, -0.2) is 0 Å². The van der Waals surface area contributed by atoms with Gasteiger partial charge in [-0.2, -0.15) is 0 Å². The highest BCUT2D eigenvalue weighted by Gasteiger charge is 2.22. The van der Waals surface area contributed by atoms with Gasteiger partial charge in [-0.05, 0) is 61.7 Å². The Morgan fingerprint density at radius 1 is 0.895 bits per heavy atom. The molecule has 0 saturated carbocycles. The number of hydrogen-bond donors (Lipinski definition) is 1. The van der Waals surface area contributed by atoms with Crippen LogP contribution in [0.1, 0.15) is 30.0 Å². The van der Waals surface area contributed by atoms with Gasteiger partial charge < -0.3 is 10.1 Å². The smallest absolute Gasteiger partial charge is 0.237 e. The van der Waals surface area contributed by atoms with Crippen LogP contribution >= 0.6 is 11.8 Å². The van der Waals surface area contributed by atoms with Crippen LogP contribution in [0.25, 0.3) is 16.5 Å². The Kier molecular flexibility index (Phi) is 7.51. The lowest BCUT2D eigenvalue weighted by molar-refractivity contribution is -0.115.